The monoisotopic (exact) mass is 398 g/mol. The minimum Gasteiger partial charge on any atom is -0.346 e. The van der Waals surface area contributed by atoms with E-state index in [0.717, 1.165) is 11.5 Å². The van der Waals surface area contributed by atoms with E-state index in [1.165, 1.54) is 6.92 Å². The first kappa shape index (κ1) is 19.9. The van der Waals surface area contributed by atoms with Crippen molar-refractivity contribution in [3.05, 3.63) is 34.9 Å². The molecule has 8 nitrogen and oxygen atoms in total. The van der Waals surface area contributed by atoms with Gasteiger partial charge in [-0.25, -0.2) is 9.97 Å². The number of aromatic amines is 2. The molecule has 0 unspecified atom stereocenters. The average molecular weight is 398 g/mol. The number of nitrogens with one attached hydrogen (secondary N) is 3. The molecule has 1 aliphatic rings. The van der Waals surface area contributed by atoms with Gasteiger partial charge in [0.15, 0.2) is 11.4 Å². The fourth-order valence-corrected chi connectivity index (χ4v) is 3.20. The molecule has 0 saturated carbocycles. The number of carbonyl (C=O) groups excluding carboxylic acids is 2. The summed E-state index contributed by atoms with van der Waals surface area (Å²) in [5.41, 5.74) is -0.927. The smallest absolute Gasteiger partial charge is 0.346 e. The Morgan fingerprint density at radius 1 is 1.32 bits per heavy atom. The largest absolute Gasteiger partial charge is 0.433 e. The zero-order chi connectivity index (χ0) is 20.5. The molecule has 152 valence electrons. The molecule has 2 aromatic rings. The molecular weight excluding hydrogens is 377 g/mol. The minimum atomic E-state index is -4.70. The van der Waals surface area contributed by atoms with Crippen LogP contribution < -0.4 is 5.32 Å². The van der Waals surface area contributed by atoms with E-state index in [4.69, 9.17) is 0 Å². The summed E-state index contributed by atoms with van der Waals surface area (Å²) in [6, 6.07) is -0.416. The predicted octanol–water partition coefficient (Wildman–Crippen LogP) is 1.73. The molecule has 0 spiro atoms. The quantitative estimate of drug-likeness (QED) is 0.713. The highest BCUT2D eigenvalue weighted by atomic mass is 19.4. The number of aromatic nitrogens is 4. The van der Waals surface area contributed by atoms with Crippen molar-refractivity contribution in [2.75, 3.05) is 13.1 Å². The van der Waals surface area contributed by atoms with Crippen molar-refractivity contribution >= 4 is 11.8 Å². The van der Waals surface area contributed by atoms with Crippen molar-refractivity contribution in [3.63, 3.8) is 0 Å². The van der Waals surface area contributed by atoms with Crippen LogP contribution in [0.2, 0.25) is 0 Å². The van der Waals surface area contributed by atoms with Crippen LogP contribution in [0.25, 0.3) is 0 Å². The molecular formula is C17H21F3N6O2. The number of likely N-dealkylation sites (tertiary alicyclic amines) is 1. The summed E-state index contributed by atoms with van der Waals surface area (Å²) in [5, 5.41) is 2.55. The van der Waals surface area contributed by atoms with Gasteiger partial charge < -0.3 is 20.2 Å². The topological polar surface area (TPSA) is 107 Å². The van der Waals surface area contributed by atoms with E-state index in [9.17, 15) is 22.8 Å². The number of hydrogen-bond donors (Lipinski definition) is 3. The highest BCUT2D eigenvalue weighted by Crippen LogP contribution is 2.30. The van der Waals surface area contributed by atoms with Crippen molar-refractivity contribution in [2.24, 2.45) is 0 Å². The van der Waals surface area contributed by atoms with Gasteiger partial charge in [-0.1, -0.05) is 0 Å². The zero-order valence-electron chi connectivity index (χ0n) is 15.5. The number of aryl methyl sites for hydroxylation is 3. The summed E-state index contributed by atoms with van der Waals surface area (Å²) in [6.07, 6.45) is -1.79. The lowest BCUT2D eigenvalue weighted by molar-refractivity contribution is -0.141. The first-order valence-corrected chi connectivity index (χ1v) is 8.86. The third-order valence-electron chi connectivity index (χ3n) is 4.53. The van der Waals surface area contributed by atoms with Crippen LogP contribution in [0.4, 0.5) is 13.2 Å². The van der Waals surface area contributed by atoms with Gasteiger partial charge in [0, 0.05) is 43.9 Å². The highest BCUT2D eigenvalue weighted by molar-refractivity contribution is 5.94. The summed E-state index contributed by atoms with van der Waals surface area (Å²) < 4.78 is 39.1. The van der Waals surface area contributed by atoms with Gasteiger partial charge in [-0.3, -0.25) is 9.59 Å². The second-order valence-electron chi connectivity index (χ2n) is 6.86. The Balaban J connectivity index is 1.54. The Bertz CT molecular complexity index is 873. The predicted molar refractivity (Wildman–Crippen MR) is 92.4 cm³/mol. The van der Waals surface area contributed by atoms with Gasteiger partial charge in [0.1, 0.15) is 11.6 Å². The summed E-state index contributed by atoms with van der Waals surface area (Å²) in [4.78, 5) is 39.1. The van der Waals surface area contributed by atoms with E-state index in [-0.39, 0.29) is 24.7 Å². The van der Waals surface area contributed by atoms with Gasteiger partial charge in [0.05, 0.1) is 0 Å². The number of nitrogens with zero attached hydrogens (tertiary/aromatic N) is 3. The van der Waals surface area contributed by atoms with Crippen molar-refractivity contribution in [3.8, 4) is 0 Å². The van der Waals surface area contributed by atoms with Crippen LogP contribution in [0.1, 0.15) is 46.4 Å². The molecule has 2 aromatic heterocycles. The molecule has 3 heterocycles. The maximum absolute atomic E-state index is 13.0. The number of rotatable bonds is 5. The lowest BCUT2D eigenvalue weighted by Gasteiger charge is -2.17. The summed E-state index contributed by atoms with van der Waals surface area (Å²) in [6.45, 7) is 3.92. The van der Waals surface area contributed by atoms with Gasteiger partial charge in [-0.2, -0.15) is 13.2 Å². The molecule has 1 saturated heterocycles. The molecule has 3 N–H and O–H groups in total. The van der Waals surface area contributed by atoms with E-state index in [1.54, 1.807) is 11.1 Å². The molecule has 11 heteroatoms. The van der Waals surface area contributed by atoms with Crippen LogP contribution >= 0.6 is 0 Å². The van der Waals surface area contributed by atoms with Crippen LogP contribution in [-0.4, -0.2) is 55.8 Å². The molecule has 0 aromatic carbocycles. The number of amides is 2. The van der Waals surface area contributed by atoms with E-state index in [2.05, 4.69) is 25.3 Å². The number of carbonyl (C=O) groups is 2. The highest BCUT2D eigenvalue weighted by Gasteiger charge is 2.39. The third-order valence-corrected chi connectivity index (χ3v) is 4.53. The van der Waals surface area contributed by atoms with Gasteiger partial charge >= 0.3 is 6.18 Å². The Labute approximate surface area is 158 Å². The standard InChI is InChI=1S/C17H21F3N6O2/c1-9-7-21-12(22-9)3-4-13(27)26-6-5-11(8-26)25-16(28)14-15(17(18,19)20)24-10(2)23-14/h7,11H,3-6,8H2,1-2H3,(H,21,22)(H,23,24)(H,25,28)/t11-/m1/s1. The van der Waals surface area contributed by atoms with Gasteiger partial charge in [0.25, 0.3) is 5.91 Å². The van der Waals surface area contributed by atoms with Crippen LogP contribution in [0.3, 0.4) is 0 Å². The summed E-state index contributed by atoms with van der Waals surface area (Å²) in [7, 11) is 0. The first-order valence-electron chi connectivity index (χ1n) is 8.86. The molecule has 0 aliphatic carbocycles. The fraction of sp³-hybridized carbons (Fsp3) is 0.529. The van der Waals surface area contributed by atoms with Gasteiger partial charge in [-0.05, 0) is 20.3 Å². The van der Waals surface area contributed by atoms with Crippen molar-refractivity contribution < 1.29 is 22.8 Å². The maximum atomic E-state index is 13.0. The number of alkyl halides is 3. The van der Waals surface area contributed by atoms with Crippen molar-refractivity contribution in [2.45, 2.75) is 45.3 Å². The number of hydrogen-bond acceptors (Lipinski definition) is 4. The van der Waals surface area contributed by atoms with Crippen LogP contribution in [0, 0.1) is 13.8 Å². The summed E-state index contributed by atoms with van der Waals surface area (Å²) in [5.74, 6) is -0.253. The number of halogens is 3. The molecule has 0 radical (unpaired) electrons. The van der Waals surface area contributed by atoms with Crippen LogP contribution in [0.15, 0.2) is 6.20 Å². The van der Waals surface area contributed by atoms with Crippen LogP contribution in [-0.2, 0) is 17.4 Å². The van der Waals surface area contributed by atoms with E-state index < -0.39 is 29.5 Å². The molecule has 28 heavy (non-hydrogen) atoms. The normalized spacial score (nSPS) is 17.2. The molecule has 1 aliphatic heterocycles. The zero-order valence-corrected chi connectivity index (χ0v) is 15.5. The van der Waals surface area contributed by atoms with Crippen LogP contribution in [0.5, 0.6) is 0 Å². The molecule has 3 rings (SSSR count). The van der Waals surface area contributed by atoms with Gasteiger partial charge in [-0.15, -0.1) is 0 Å². The maximum Gasteiger partial charge on any atom is 0.433 e. The lowest BCUT2D eigenvalue weighted by Crippen LogP contribution is -2.39. The van der Waals surface area contributed by atoms with E-state index in [1.807, 2.05) is 6.92 Å². The Hall–Kier alpha value is -2.85. The van der Waals surface area contributed by atoms with Crippen molar-refractivity contribution in [1.29, 1.82) is 0 Å². The first-order chi connectivity index (χ1) is 13.1. The Morgan fingerprint density at radius 3 is 2.71 bits per heavy atom. The lowest BCUT2D eigenvalue weighted by atomic mass is 10.2. The molecule has 1 fully saturated rings. The van der Waals surface area contributed by atoms with E-state index >= 15 is 0 Å². The third kappa shape index (κ3) is 4.52. The minimum absolute atomic E-state index is 0.00821. The summed E-state index contributed by atoms with van der Waals surface area (Å²) >= 11 is 0. The average Bonchev–Trinajstić information content (AvgIpc) is 3.32. The fourth-order valence-electron chi connectivity index (χ4n) is 3.20. The van der Waals surface area contributed by atoms with E-state index in [0.29, 0.717) is 19.4 Å². The Kier molecular flexibility index (Phi) is 5.43. The molecule has 0 bridgehead atoms. The van der Waals surface area contributed by atoms with Crippen molar-refractivity contribution in [1.82, 2.24) is 30.2 Å². The number of imidazole rings is 2. The Morgan fingerprint density at radius 2 is 2.07 bits per heavy atom. The number of H-pyrrole nitrogens is 2. The molecule has 1 atom stereocenters. The second kappa shape index (κ2) is 7.64. The molecule has 2 amide bonds. The second-order valence-corrected chi connectivity index (χ2v) is 6.86. The van der Waals surface area contributed by atoms with Gasteiger partial charge in [0.2, 0.25) is 5.91 Å². The SMILES string of the molecule is Cc1cnc(CCC(=O)N2CC[C@@H](NC(=O)c3nc(C)[nH]c3C(F)(F)F)C2)[nH]1.